The van der Waals surface area contributed by atoms with E-state index in [1.165, 1.54) is 13.8 Å². The number of aliphatic hydroxyl groups is 30. The molecule has 12 aliphatic heterocycles. The molecule has 0 aromatic rings. The molecule has 0 aliphatic carbocycles. The quantitative estimate of drug-likeness (QED) is 0.0273. The fraction of sp³-hybridized carbons (Fsp3) is 0.929. The smallest absolute Gasteiger partial charge is 0.217 e. The Kier molecular flexibility index (Phi) is 43.8. The molecule has 65 nitrogen and oxygen atoms in total. The highest BCUT2D eigenvalue weighted by molar-refractivity contribution is 5.75. The topological polar surface area (TPSA) is 994 Å². The van der Waals surface area contributed by atoms with Gasteiger partial charge in [-0.25, -0.2) is 0 Å². The van der Waals surface area contributed by atoms with Crippen molar-refractivity contribution in [2.75, 3.05) is 66.1 Å². The lowest BCUT2D eigenvalue weighted by Gasteiger charge is -2.52. The minimum atomic E-state index is -2.87. The number of hydrogen-bond donors (Lipinski definition) is 36. The summed E-state index contributed by atoms with van der Waals surface area (Å²) in [4.78, 5) is 78.8. The van der Waals surface area contributed by atoms with Crippen LogP contribution >= 0.6 is 0 Å². The second-order valence-electron chi connectivity index (χ2n) is 38.1. The Morgan fingerprint density at radius 3 is 0.812 bits per heavy atom. The van der Waals surface area contributed by atoms with Crippen molar-refractivity contribution in [3.05, 3.63) is 0 Å². The molecule has 36 N–H and O–H groups in total. The Bertz CT molecular complexity index is 4230. The predicted molar refractivity (Wildman–Crippen MR) is 462 cm³/mol. The molecule has 0 aromatic heterocycles. The molecule has 65 heteroatoms. The van der Waals surface area contributed by atoms with Crippen molar-refractivity contribution in [1.82, 2.24) is 31.9 Å². The van der Waals surface area contributed by atoms with Crippen molar-refractivity contribution in [1.29, 1.82) is 0 Å². The van der Waals surface area contributed by atoms with Crippen LogP contribution in [0.25, 0.3) is 0 Å². The van der Waals surface area contributed by atoms with Gasteiger partial charge >= 0.3 is 0 Å². The van der Waals surface area contributed by atoms with Crippen molar-refractivity contribution in [3.63, 3.8) is 0 Å². The highest BCUT2D eigenvalue weighted by atomic mass is 16.8. The molecule has 0 bridgehead atoms. The van der Waals surface area contributed by atoms with Gasteiger partial charge in [0.2, 0.25) is 35.4 Å². The third-order valence-electron chi connectivity index (χ3n) is 27.4. The molecule has 6 amide bonds. The number of carbonyl (C=O) groups excluding carboxylic acids is 6. The molecule has 12 aliphatic rings. The molecular weight excluding hydrogens is 2040 g/mol. The van der Waals surface area contributed by atoms with Gasteiger partial charge in [0.05, 0.1) is 78.3 Å². The van der Waals surface area contributed by atoms with Gasteiger partial charge in [0, 0.05) is 41.5 Å². The van der Waals surface area contributed by atoms with Gasteiger partial charge in [0.15, 0.2) is 75.5 Å². The molecule has 12 rings (SSSR count). The summed E-state index contributed by atoms with van der Waals surface area (Å²) < 4.78 is 142. The van der Waals surface area contributed by atoms with E-state index in [4.69, 9.17) is 109 Å². The van der Waals surface area contributed by atoms with E-state index in [0.29, 0.717) is 0 Å². The monoisotopic (exact) mass is 2180 g/mol. The zero-order valence-corrected chi connectivity index (χ0v) is 81.0. The van der Waals surface area contributed by atoms with Gasteiger partial charge in [-0.05, 0) is 13.8 Å². The standard InChI is InChI=1S/C84H140N6O59/c1-19-43(105)57(119)61(123)79(129-19)127-17-35-66(54(116)37(73(126)131-35)85-21(3)99)141-77-41(89-25(7)103)55(117)64(33(15-97)138-77)142-81-63(125)69(67(144-74-38(86-22(4)100)51(113)45(107)27(9-91)132-74)36(140-81)18-128-82-70(59(121)48(110)30(12-94)135-82)147-76-40(88-24(6)102)53(115)47(109)29(11-93)134-76)146-83-71(60(122)49(111)31(13-95)136-83)148-78-42(90-26(8)104)56(118)65(34(16-98)139-78)143-84-72(149-80-62(124)58(120)44(106)20(2)130-80)68(50(112)32(14-96)137-84)145-75-39(87-23(5)101)52(114)46(108)28(10-92)133-75/h19-20,27-84,91-98,105-126H,9-18H2,1-8H3,(H,85,99)(H,86,100)(H,87,101)(H,88,102)(H,89,103)(H,90,104)/t19-,20-,27+,28+,29+,30+,31+,32+,33+,34+,35+,36+,37+,38+,39+,40+,41+,42+,43+,44+,45+,46-,47+,48+,49+,50-,51+,52+,53+,54+,55+,56+,57+,58+,59-,60-,61-,62-,63-,64+,65+,66+,67+,68-,69+,70-,71-,72+,73+,74-,75+,76-,77-,78-,79+,80-,81-,82-,83+,84-/m0/s1. The fourth-order valence-electron chi connectivity index (χ4n) is 19.5. The Balaban J connectivity index is 0.957. The summed E-state index contributed by atoms with van der Waals surface area (Å²) in [5, 5.41) is 358. The maximum absolute atomic E-state index is 13.8. The molecule has 0 spiro atoms. The first-order valence-electron chi connectivity index (χ1n) is 47.9. The molecule has 12 saturated heterocycles. The van der Waals surface area contributed by atoms with Crippen LogP contribution in [0.5, 0.6) is 0 Å². The van der Waals surface area contributed by atoms with Crippen LogP contribution in [0.4, 0.5) is 0 Å². The number of nitrogens with one attached hydrogen (secondary N) is 6. The molecule has 149 heavy (non-hydrogen) atoms. The van der Waals surface area contributed by atoms with E-state index in [2.05, 4.69) is 31.9 Å². The van der Waals surface area contributed by atoms with E-state index in [0.717, 1.165) is 41.5 Å². The molecule has 0 saturated carbocycles. The number of hydrogen-bond acceptors (Lipinski definition) is 59. The highest BCUT2D eigenvalue weighted by Gasteiger charge is 2.65. The number of aliphatic hydroxyl groups excluding tert-OH is 30. The molecule has 0 radical (unpaired) electrons. The number of rotatable bonds is 38. The maximum atomic E-state index is 13.8. The average Bonchev–Trinajstić information content (AvgIpc) is 0.753. The minimum absolute atomic E-state index is 0.840. The SMILES string of the molecule is CC(=O)N[C@@H]1[C@@H](O)[C@H](O[C@@H]2O[C@H](CO)[C@@H](O[C@@H]3O[C@H](CO[C@H]4O[C@H](CO)[C@@H](O)[C@H](O)[C@@H]4O[C@@H]4O[C@H](CO)[C@@H](O)[C@H](O)[C@H]4NC(C)=O)[C@@H](O[C@@H]4O[C@H](CO)[C@@H](O)[C@H](O)[C@H]4NC(C)=O)[C@H](O[C@H]4O[C@H](CO)[C@@H](O)[C@H](O)[C@@H]4O[C@@H]4O[C@H](CO)[C@@H](O[C@@H]5O[C@H](CO)[C@H](O)[C@H](O[C@H]6O[C@H](CO)[C@H](O)[C@H](O)[C@H]6NC(C)=O)[C@H]5O[C@@H]5O[C@@H](C)[C@@H](O)[C@@H](O)[C@@H]5O)[C@H](O)[C@H]4NC(C)=O)[C@@H]3O)[C@H](O)[C@H]2NC(C)=O)[C@@H](CO[C@@H]2O[C@@H](C)[C@@H](O)[C@@H](O)[C@@H]2O)O[C@H]1O. The summed E-state index contributed by atoms with van der Waals surface area (Å²) in [7, 11) is 0. The van der Waals surface area contributed by atoms with E-state index in [9.17, 15) is 182 Å². The van der Waals surface area contributed by atoms with Crippen LogP contribution in [0, 0.1) is 0 Å². The summed E-state index contributed by atoms with van der Waals surface area (Å²) in [6.07, 6.45) is -118. The number of ether oxygens (including phenoxy) is 23. The summed E-state index contributed by atoms with van der Waals surface area (Å²) >= 11 is 0. The van der Waals surface area contributed by atoms with Gasteiger partial charge in [-0.1, -0.05) is 0 Å². The predicted octanol–water partition coefficient (Wildman–Crippen LogP) is -24.2. The molecule has 0 unspecified atom stereocenters. The largest absolute Gasteiger partial charge is 0.394 e. The Hall–Kier alpha value is -5.30. The Morgan fingerprint density at radius 1 is 0.188 bits per heavy atom. The third kappa shape index (κ3) is 27.5. The van der Waals surface area contributed by atoms with Crippen LogP contribution in [0.2, 0.25) is 0 Å². The normalized spacial score (nSPS) is 49.0. The van der Waals surface area contributed by atoms with Crippen molar-refractivity contribution in [2.24, 2.45) is 0 Å². The van der Waals surface area contributed by atoms with E-state index in [-0.39, 0.29) is 0 Å². The van der Waals surface area contributed by atoms with Gasteiger partial charge in [0.25, 0.3) is 0 Å². The Labute approximate surface area is 845 Å². The van der Waals surface area contributed by atoms with Crippen LogP contribution < -0.4 is 31.9 Å². The molecule has 12 fully saturated rings. The number of carbonyl (C=O) groups is 6. The van der Waals surface area contributed by atoms with Crippen LogP contribution in [0.15, 0.2) is 0 Å². The zero-order chi connectivity index (χ0) is 110. The van der Waals surface area contributed by atoms with Gasteiger partial charge in [-0.2, -0.15) is 0 Å². The van der Waals surface area contributed by atoms with Crippen molar-refractivity contribution in [3.8, 4) is 0 Å². The molecule has 860 valence electrons. The van der Waals surface area contributed by atoms with Crippen molar-refractivity contribution >= 4 is 35.4 Å². The van der Waals surface area contributed by atoms with Crippen LogP contribution in [0.3, 0.4) is 0 Å². The number of amides is 6. The molecule has 60 atom stereocenters. The van der Waals surface area contributed by atoms with Crippen LogP contribution in [0.1, 0.15) is 55.4 Å². The van der Waals surface area contributed by atoms with Gasteiger partial charge in [0.1, 0.15) is 280 Å². The second kappa shape index (κ2) is 53.4. The lowest BCUT2D eigenvalue weighted by Crippen LogP contribution is -2.72. The summed E-state index contributed by atoms with van der Waals surface area (Å²) in [6.45, 7) is -4.28. The van der Waals surface area contributed by atoms with Gasteiger partial charge in [-0.3, -0.25) is 28.8 Å². The van der Waals surface area contributed by atoms with Crippen LogP contribution in [-0.4, -0.2) is 623 Å². The third-order valence-corrected chi connectivity index (χ3v) is 27.4. The summed E-state index contributed by atoms with van der Waals surface area (Å²) in [5.74, 6) is -5.96. The summed E-state index contributed by atoms with van der Waals surface area (Å²) in [5.41, 5.74) is 0. The fourth-order valence-corrected chi connectivity index (χ4v) is 19.5. The van der Waals surface area contributed by atoms with E-state index >= 15 is 0 Å². The maximum Gasteiger partial charge on any atom is 0.217 e. The first-order chi connectivity index (χ1) is 70.4. The van der Waals surface area contributed by atoms with Crippen LogP contribution in [-0.2, 0) is 138 Å². The van der Waals surface area contributed by atoms with Crippen molar-refractivity contribution in [2.45, 2.75) is 423 Å². The first-order valence-corrected chi connectivity index (χ1v) is 47.9. The van der Waals surface area contributed by atoms with E-state index in [1.807, 2.05) is 0 Å². The zero-order valence-electron chi connectivity index (χ0n) is 81.0. The average molecular weight is 2180 g/mol. The van der Waals surface area contributed by atoms with E-state index < -0.39 is 470 Å². The van der Waals surface area contributed by atoms with Gasteiger partial charge in [-0.15, -0.1) is 0 Å². The second-order valence-corrected chi connectivity index (χ2v) is 38.1. The molecular formula is C84H140N6O59. The van der Waals surface area contributed by atoms with E-state index in [1.54, 1.807) is 0 Å². The summed E-state index contributed by atoms with van der Waals surface area (Å²) in [6, 6.07) is -12.1. The lowest BCUT2D eigenvalue weighted by molar-refractivity contribution is -0.412. The molecule has 0 aromatic carbocycles. The Morgan fingerprint density at radius 2 is 0.423 bits per heavy atom. The van der Waals surface area contributed by atoms with Gasteiger partial charge < -0.3 is 294 Å². The van der Waals surface area contributed by atoms with Crippen molar-refractivity contribution < 1.29 is 291 Å². The lowest BCUT2D eigenvalue weighted by atomic mass is 9.93. The highest BCUT2D eigenvalue weighted by Crippen LogP contribution is 2.44. The first kappa shape index (κ1) is 122. The molecule has 12 heterocycles. The minimum Gasteiger partial charge on any atom is -0.394 e.